The number of benzene rings is 3. The van der Waals surface area contributed by atoms with Crippen LogP contribution in [-0.4, -0.2) is 99.6 Å². The van der Waals surface area contributed by atoms with Gasteiger partial charge in [0.05, 0.1) is 7.11 Å². The lowest BCUT2D eigenvalue weighted by Gasteiger charge is -2.32. The fourth-order valence-electron chi connectivity index (χ4n) is 7.36. The van der Waals surface area contributed by atoms with Crippen molar-refractivity contribution in [1.82, 2.24) is 26.3 Å². The maximum atomic E-state index is 14.6. The van der Waals surface area contributed by atoms with Crippen LogP contribution >= 0.6 is 0 Å². The van der Waals surface area contributed by atoms with E-state index < -0.39 is 53.7 Å². The Balaban J connectivity index is 1.78. The SMILES string of the molecule is CCCCCCCc1ccc(C(=O)N[C@@H](CCN)C(=O)N(C)[C@@H]2C(=O)N[C@@H](C)C(=O)N[C@H](C(=O)NOC)Cc3ccc(OCCN)c(c3)-c3cc2ccc3OCCN)c(C)c1. The molecule has 0 aliphatic carbocycles. The first-order valence-electron chi connectivity index (χ1n) is 21.1. The normalized spacial score (nSPS) is 17.0. The van der Waals surface area contributed by atoms with E-state index in [0.717, 1.165) is 30.4 Å². The van der Waals surface area contributed by atoms with Crippen molar-refractivity contribution < 1.29 is 38.3 Å². The molecule has 0 radical (unpaired) electrons. The topological polar surface area (TPSA) is 242 Å². The van der Waals surface area contributed by atoms with E-state index in [-0.39, 0.29) is 45.7 Å². The summed E-state index contributed by atoms with van der Waals surface area (Å²) in [5, 5.41) is 8.33. The third-order valence-corrected chi connectivity index (χ3v) is 10.6. The van der Waals surface area contributed by atoms with Crippen LogP contribution in [-0.2, 0) is 36.9 Å². The first-order valence-corrected chi connectivity index (χ1v) is 21.1. The van der Waals surface area contributed by atoms with Crippen LogP contribution in [0.2, 0.25) is 0 Å². The number of aryl methyl sites for hydroxylation is 2. The number of nitrogens with one attached hydrogen (secondary N) is 4. The number of hydroxylamine groups is 1. The highest BCUT2D eigenvalue weighted by molar-refractivity contribution is 6.00. The molecule has 0 saturated carbocycles. The molecule has 0 saturated heterocycles. The summed E-state index contributed by atoms with van der Waals surface area (Å²) in [5.41, 5.74) is 24.3. The van der Waals surface area contributed by atoms with Gasteiger partial charge in [0.15, 0.2) is 0 Å². The van der Waals surface area contributed by atoms with Crippen LogP contribution in [0.1, 0.15) is 91.0 Å². The second-order valence-electron chi connectivity index (χ2n) is 15.3. The molecule has 4 bridgehead atoms. The van der Waals surface area contributed by atoms with Gasteiger partial charge < -0.3 is 47.5 Å². The van der Waals surface area contributed by atoms with Crippen molar-refractivity contribution in [1.29, 1.82) is 0 Å². The van der Waals surface area contributed by atoms with E-state index in [1.54, 1.807) is 42.5 Å². The Hall–Kier alpha value is -5.55. The summed E-state index contributed by atoms with van der Waals surface area (Å²) in [6, 6.07) is 11.3. The van der Waals surface area contributed by atoms with Gasteiger partial charge in [-0.2, -0.15) is 0 Å². The minimum atomic E-state index is -1.34. The molecule has 1 aliphatic heterocycles. The number of fused-ring (bicyclic) bond motifs is 5. The minimum absolute atomic E-state index is 0.0430. The van der Waals surface area contributed by atoms with Gasteiger partial charge >= 0.3 is 0 Å². The Morgan fingerprint density at radius 1 is 0.852 bits per heavy atom. The summed E-state index contributed by atoms with van der Waals surface area (Å²) < 4.78 is 12.2. The van der Waals surface area contributed by atoms with E-state index in [4.69, 9.17) is 31.5 Å². The number of amides is 5. The van der Waals surface area contributed by atoms with E-state index in [0.29, 0.717) is 39.3 Å². The lowest BCUT2D eigenvalue weighted by Crippen LogP contribution is -2.56. The molecule has 16 heteroatoms. The lowest BCUT2D eigenvalue weighted by molar-refractivity contribution is -0.142. The van der Waals surface area contributed by atoms with Crippen LogP contribution in [0.4, 0.5) is 0 Å². The van der Waals surface area contributed by atoms with Crippen LogP contribution in [0.5, 0.6) is 11.5 Å². The number of nitrogens with two attached hydrogens (primary N) is 3. The van der Waals surface area contributed by atoms with E-state index >= 15 is 0 Å². The second kappa shape index (κ2) is 24.0. The van der Waals surface area contributed by atoms with Crippen molar-refractivity contribution in [3.8, 4) is 22.6 Å². The zero-order valence-electron chi connectivity index (χ0n) is 36.1. The van der Waals surface area contributed by atoms with Crippen molar-refractivity contribution >= 4 is 29.5 Å². The number of hydrogen-bond donors (Lipinski definition) is 7. The number of rotatable bonds is 20. The molecule has 61 heavy (non-hydrogen) atoms. The monoisotopic (exact) mass is 844 g/mol. The number of ether oxygens (including phenoxy) is 2. The fraction of sp³-hybridized carbons (Fsp3) is 0.489. The molecule has 1 aliphatic rings. The molecule has 3 aromatic carbocycles. The van der Waals surface area contributed by atoms with Crippen molar-refractivity contribution in [3.05, 3.63) is 82.4 Å². The first kappa shape index (κ1) is 48.1. The average molecular weight is 845 g/mol. The van der Waals surface area contributed by atoms with E-state index in [2.05, 4.69) is 28.4 Å². The van der Waals surface area contributed by atoms with Gasteiger partial charge in [0, 0.05) is 43.2 Å². The predicted octanol–water partition coefficient (Wildman–Crippen LogP) is 2.72. The average Bonchev–Trinajstić information content (AvgIpc) is 3.24. The number of carbonyl (C=O) groups is 5. The molecule has 0 aromatic heterocycles. The van der Waals surface area contributed by atoms with Crippen LogP contribution < -0.4 is 48.1 Å². The zero-order chi connectivity index (χ0) is 44.5. The Morgan fingerprint density at radius 2 is 1.52 bits per heavy atom. The molecule has 0 fully saturated rings. The van der Waals surface area contributed by atoms with Crippen LogP contribution in [0.3, 0.4) is 0 Å². The third kappa shape index (κ3) is 13.2. The van der Waals surface area contributed by atoms with Gasteiger partial charge in [-0.1, -0.05) is 56.9 Å². The summed E-state index contributed by atoms with van der Waals surface area (Å²) in [5.74, 6) is -2.19. The molecular formula is C45H64N8O8. The van der Waals surface area contributed by atoms with E-state index in [9.17, 15) is 24.0 Å². The Bertz CT molecular complexity index is 1980. The number of hydrogen-bond acceptors (Lipinski definition) is 11. The van der Waals surface area contributed by atoms with Gasteiger partial charge in [0.1, 0.15) is 48.9 Å². The van der Waals surface area contributed by atoms with Crippen molar-refractivity contribution in [2.24, 2.45) is 17.2 Å². The highest BCUT2D eigenvalue weighted by Crippen LogP contribution is 2.40. The lowest BCUT2D eigenvalue weighted by atomic mass is 9.93. The maximum absolute atomic E-state index is 14.6. The maximum Gasteiger partial charge on any atom is 0.266 e. The van der Waals surface area contributed by atoms with Crippen molar-refractivity contribution in [2.45, 2.75) is 96.3 Å². The Labute approximate surface area is 358 Å². The number of carbonyl (C=O) groups excluding carboxylic acids is 5. The first-order chi connectivity index (χ1) is 29.4. The van der Waals surface area contributed by atoms with Gasteiger partial charge in [-0.15, -0.1) is 0 Å². The third-order valence-electron chi connectivity index (χ3n) is 10.6. The van der Waals surface area contributed by atoms with Crippen molar-refractivity contribution in [2.75, 3.05) is 47.0 Å². The van der Waals surface area contributed by atoms with Gasteiger partial charge in [-0.25, -0.2) is 5.48 Å². The highest BCUT2D eigenvalue weighted by Gasteiger charge is 2.36. The summed E-state index contributed by atoms with van der Waals surface area (Å²) in [6.07, 6.45) is 6.83. The van der Waals surface area contributed by atoms with Gasteiger partial charge in [0.2, 0.25) is 17.7 Å². The van der Waals surface area contributed by atoms with E-state index in [1.807, 2.05) is 19.1 Å². The number of nitrogens with zero attached hydrogens (tertiary/aromatic N) is 1. The molecule has 3 aromatic rings. The van der Waals surface area contributed by atoms with E-state index in [1.165, 1.54) is 45.2 Å². The molecular weight excluding hydrogens is 781 g/mol. The zero-order valence-corrected chi connectivity index (χ0v) is 36.1. The molecule has 0 spiro atoms. The Morgan fingerprint density at radius 3 is 2.16 bits per heavy atom. The molecule has 1 heterocycles. The van der Waals surface area contributed by atoms with Crippen molar-refractivity contribution in [3.63, 3.8) is 0 Å². The molecule has 4 rings (SSSR count). The minimum Gasteiger partial charge on any atom is -0.492 e. The van der Waals surface area contributed by atoms with Gasteiger partial charge in [-0.05, 0) is 92.2 Å². The summed E-state index contributed by atoms with van der Waals surface area (Å²) in [6.45, 7) is 6.36. The quantitative estimate of drug-likeness (QED) is 0.0645. The smallest absolute Gasteiger partial charge is 0.266 e. The van der Waals surface area contributed by atoms with Crippen LogP contribution in [0, 0.1) is 6.92 Å². The van der Waals surface area contributed by atoms with Crippen LogP contribution in [0.25, 0.3) is 11.1 Å². The van der Waals surface area contributed by atoms with Crippen LogP contribution in [0.15, 0.2) is 54.6 Å². The molecule has 332 valence electrons. The second-order valence-corrected chi connectivity index (χ2v) is 15.3. The predicted molar refractivity (Wildman–Crippen MR) is 233 cm³/mol. The largest absolute Gasteiger partial charge is 0.492 e. The highest BCUT2D eigenvalue weighted by atomic mass is 16.6. The summed E-state index contributed by atoms with van der Waals surface area (Å²) in [7, 11) is 2.73. The molecule has 0 unspecified atom stereocenters. The standard InChI is InChI=1S/C45H64N8O8/c1-6-7-8-9-10-11-30-12-15-33(28(2)24-30)42(55)50-36(18-19-46)45(58)53(4)40-32-14-17-39(61-23-21-48)35(27-32)34-25-31(13-16-38(34)60-22-20-47)26-37(43(56)52-59-5)51-41(54)29(3)49-44(40)57/h12-17,24-25,27,29,36-37,40H,6-11,18-23,26,46-48H2,1-5H3,(H,49,57)(H,50,55)(H,51,54)(H,52,56)/t29-,36-,37-,40-/m0/s1. The van der Waals surface area contributed by atoms with Gasteiger partial charge in [0.25, 0.3) is 11.8 Å². The molecule has 16 nitrogen and oxygen atoms in total. The fourth-order valence-corrected chi connectivity index (χ4v) is 7.36. The molecule has 10 N–H and O–H groups in total. The number of unbranched alkanes of at least 4 members (excludes halogenated alkanes) is 4. The van der Waals surface area contributed by atoms with Gasteiger partial charge in [-0.3, -0.25) is 28.8 Å². The summed E-state index contributed by atoms with van der Waals surface area (Å²) in [4.78, 5) is 75.8. The summed E-state index contributed by atoms with van der Waals surface area (Å²) >= 11 is 0. The number of likely N-dealkylation sites (N-methyl/N-ethyl adjacent to an activating group) is 1. The molecule has 5 amide bonds. The molecule has 4 atom stereocenters. The Kier molecular flexibility index (Phi) is 19.0.